The van der Waals surface area contributed by atoms with Crippen molar-refractivity contribution in [3.05, 3.63) is 53.6 Å². The summed E-state index contributed by atoms with van der Waals surface area (Å²) in [6.07, 6.45) is 0. The van der Waals surface area contributed by atoms with E-state index in [1.165, 1.54) is 0 Å². The zero-order chi connectivity index (χ0) is 17.3. The highest BCUT2D eigenvalue weighted by Crippen LogP contribution is 2.34. The van der Waals surface area contributed by atoms with Gasteiger partial charge in [0, 0.05) is 5.41 Å². The standard InChI is InChI=1S/C20H26O3/c1-19(2,3)15-8-11-17(22)18(12-15)23-13-20(4,5)14-6-9-16(21)10-7-14/h6-12,21-22H,13H2,1-5H3. The summed E-state index contributed by atoms with van der Waals surface area (Å²) in [5.41, 5.74) is 1.95. The Morgan fingerprint density at radius 2 is 1.39 bits per heavy atom. The van der Waals surface area contributed by atoms with Crippen LogP contribution in [-0.4, -0.2) is 16.8 Å². The van der Waals surface area contributed by atoms with Crippen molar-refractivity contribution < 1.29 is 14.9 Å². The normalized spacial score (nSPS) is 12.2. The summed E-state index contributed by atoms with van der Waals surface area (Å²) in [6.45, 7) is 11.0. The molecule has 0 saturated carbocycles. The molecule has 3 nitrogen and oxygen atoms in total. The molecule has 2 aromatic carbocycles. The predicted molar refractivity (Wildman–Crippen MR) is 93.4 cm³/mol. The molecule has 0 bridgehead atoms. The molecule has 0 aliphatic carbocycles. The Morgan fingerprint density at radius 3 is 1.96 bits per heavy atom. The van der Waals surface area contributed by atoms with E-state index in [1.54, 1.807) is 18.2 Å². The molecule has 23 heavy (non-hydrogen) atoms. The van der Waals surface area contributed by atoms with E-state index < -0.39 is 0 Å². The second kappa shape index (κ2) is 6.15. The Morgan fingerprint density at radius 1 is 0.826 bits per heavy atom. The van der Waals surface area contributed by atoms with E-state index in [0.29, 0.717) is 12.4 Å². The van der Waals surface area contributed by atoms with Gasteiger partial charge in [0.25, 0.3) is 0 Å². The molecular formula is C20H26O3. The van der Waals surface area contributed by atoms with Gasteiger partial charge in [0.2, 0.25) is 0 Å². The van der Waals surface area contributed by atoms with Crippen molar-refractivity contribution in [2.75, 3.05) is 6.61 Å². The largest absolute Gasteiger partial charge is 0.508 e. The predicted octanol–water partition coefficient (Wildman–Crippen LogP) is 4.75. The minimum Gasteiger partial charge on any atom is -0.508 e. The lowest BCUT2D eigenvalue weighted by atomic mass is 9.85. The van der Waals surface area contributed by atoms with Gasteiger partial charge in [0.15, 0.2) is 11.5 Å². The maximum absolute atomic E-state index is 10.0. The van der Waals surface area contributed by atoms with Crippen LogP contribution in [0.1, 0.15) is 45.7 Å². The maximum atomic E-state index is 10.0. The maximum Gasteiger partial charge on any atom is 0.161 e. The van der Waals surface area contributed by atoms with Crippen molar-refractivity contribution in [3.63, 3.8) is 0 Å². The molecule has 2 N–H and O–H groups in total. The van der Waals surface area contributed by atoms with E-state index >= 15 is 0 Å². The summed E-state index contributed by atoms with van der Waals surface area (Å²) in [5.74, 6) is 0.907. The average Bonchev–Trinajstić information content (AvgIpc) is 2.45. The first-order valence-electron chi connectivity index (χ1n) is 7.85. The van der Waals surface area contributed by atoms with Crippen LogP contribution in [0.25, 0.3) is 0 Å². The molecule has 3 heteroatoms. The van der Waals surface area contributed by atoms with Crippen LogP contribution in [0.2, 0.25) is 0 Å². The second-order valence-corrected chi connectivity index (χ2v) is 7.65. The number of rotatable bonds is 4. The van der Waals surface area contributed by atoms with E-state index in [0.717, 1.165) is 11.1 Å². The number of benzene rings is 2. The van der Waals surface area contributed by atoms with Crippen molar-refractivity contribution in [2.24, 2.45) is 0 Å². The quantitative estimate of drug-likeness (QED) is 0.856. The van der Waals surface area contributed by atoms with Gasteiger partial charge in [-0.15, -0.1) is 0 Å². The molecule has 0 unspecified atom stereocenters. The minimum absolute atomic E-state index is 0.00170. The van der Waals surface area contributed by atoms with Crippen molar-refractivity contribution in [3.8, 4) is 17.2 Å². The van der Waals surface area contributed by atoms with Crippen LogP contribution < -0.4 is 4.74 Å². The Bertz CT molecular complexity index is 664. The zero-order valence-electron chi connectivity index (χ0n) is 14.6. The van der Waals surface area contributed by atoms with E-state index in [2.05, 4.69) is 34.6 Å². The number of hydrogen-bond donors (Lipinski definition) is 2. The van der Waals surface area contributed by atoms with Crippen LogP contribution in [0.5, 0.6) is 17.2 Å². The minimum atomic E-state index is -0.238. The molecule has 0 atom stereocenters. The van der Waals surface area contributed by atoms with Crippen LogP contribution in [-0.2, 0) is 10.8 Å². The van der Waals surface area contributed by atoms with Gasteiger partial charge in [-0.1, -0.05) is 52.8 Å². The Labute approximate surface area is 138 Å². The summed E-state index contributed by atoms with van der Waals surface area (Å²) < 4.78 is 5.91. The van der Waals surface area contributed by atoms with Gasteiger partial charge in [0.1, 0.15) is 5.75 Å². The van der Waals surface area contributed by atoms with Crippen molar-refractivity contribution in [1.29, 1.82) is 0 Å². The van der Waals surface area contributed by atoms with Gasteiger partial charge in [-0.05, 0) is 40.8 Å². The summed E-state index contributed by atoms with van der Waals surface area (Å²) in [4.78, 5) is 0. The molecule has 0 spiro atoms. The monoisotopic (exact) mass is 314 g/mol. The SMILES string of the molecule is CC(C)(C)c1ccc(O)c(OCC(C)(C)c2ccc(O)cc2)c1. The topological polar surface area (TPSA) is 49.7 Å². The summed E-state index contributed by atoms with van der Waals surface area (Å²) in [6, 6.07) is 12.6. The fraction of sp³-hybridized carbons (Fsp3) is 0.400. The number of aromatic hydroxyl groups is 2. The molecule has 0 amide bonds. The first kappa shape index (κ1) is 17.2. The molecule has 0 aliphatic heterocycles. The number of ether oxygens (including phenoxy) is 1. The molecule has 0 aliphatic rings. The molecule has 0 radical (unpaired) electrons. The second-order valence-electron chi connectivity index (χ2n) is 7.65. The molecule has 0 fully saturated rings. The lowest BCUT2D eigenvalue weighted by molar-refractivity contribution is 0.231. The van der Waals surface area contributed by atoms with Crippen molar-refractivity contribution in [2.45, 2.75) is 45.4 Å². The average molecular weight is 314 g/mol. The van der Waals surface area contributed by atoms with E-state index in [-0.39, 0.29) is 22.3 Å². The third-order valence-corrected chi connectivity index (χ3v) is 4.06. The lowest BCUT2D eigenvalue weighted by Gasteiger charge is -2.26. The molecule has 0 saturated heterocycles. The highest BCUT2D eigenvalue weighted by Gasteiger charge is 2.23. The molecule has 124 valence electrons. The highest BCUT2D eigenvalue weighted by atomic mass is 16.5. The third kappa shape index (κ3) is 4.19. The van der Waals surface area contributed by atoms with Crippen LogP contribution >= 0.6 is 0 Å². The van der Waals surface area contributed by atoms with E-state index in [9.17, 15) is 10.2 Å². The van der Waals surface area contributed by atoms with Crippen molar-refractivity contribution in [1.82, 2.24) is 0 Å². The lowest BCUT2D eigenvalue weighted by Crippen LogP contribution is -2.26. The van der Waals surface area contributed by atoms with Crippen LogP contribution in [0, 0.1) is 0 Å². The van der Waals surface area contributed by atoms with Gasteiger partial charge in [-0.2, -0.15) is 0 Å². The van der Waals surface area contributed by atoms with E-state index in [4.69, 9.17) is 4.74 Å². The molecular weight excluding hydrogens is 288 g/mol. The summed E-state index contributed by atoms with van der Waals surface area (Å²) in [5, 5.41) is 19.5. The van der Waals surface area contributed by atoms with Gasteiger partial charge in [-0.3, -0.25) is 0 Å². The molecule has 0 heterocycles. The van der Waals surface area contributed by atoms with Crippen LogP contribution in [0.3, 0.4) is 0 Å². The number of hydrogen-bond acceptors (Lipinski definition) is 3. The first-order chi connectivity index (χ1) is 10.6. The van der Waals surface area contributed by atoms with Crippen molar-refractivity contribution >= 4 is 0 Å². The summed E-state index contributed by atoms with van der Waals surface area (Å²) in [7, 11) is 0. The fourth-order valence-corrected chi connectivity index (χ4v) is 2.35. The first-order valence-corrected chi connectivity index (χ1v) is 7.85. The Balaban J connectivity index is 2.18. The smallest absolute Gasteiger partial charge is 0.161 e. The van der Waals surface area contributed by atoms with E-state index in [1.807, 2.05) is 24.3 Å². The Hall–Kier alpha value is -2.16. The van der Waals surface area contributed by atoms with Crippen LogP contribution in [0.15, 0.2) is 42.5 Å². The van der Waals surface area contributed by atoms with Gasteiger partial charge in [-0.25, -0.2) is 0 Å². The van der Waals surface area contributed by atoms with Crippen LogP contribution in [0.4, 0.5) is 0 Å². The Kier molecular flexibility index (Phi) is 4.60. The molecule has 0 aromatic heterocycles. The molecule has 2 aromatic rings. The number of phenolic OH excluding ortho intramolecular Hbond substituents is 2. The van der Waals surface area contributed by atoms with Gasteiger partial charge < -0.3 is 14.9 Å². The number of phenols is 2. The van der Waals surface area contributed by atoms with Gasteiger partial charge >= 0.3 is 0 Å². The summed E-state index contributed by atoms with van der Waals surface area (Å²) >= 11 is 0. The highest BCUT2D eigenvalue weighted by molar-refractivity contribution is 5.44. The molecule has 2 rings (SSSR count). The third-order valence-electron chi connectivity index (χ3n) is 4.06. The fourth-order valence-electron chi connectivity index (χ4n) is 2.35. The van der Waals surface area contributed by atoms with Gasteiger partial charge in [0.05, 0.1) is 6.61 Å². The zero-order valence-corrected chi connectivity index (χ0v) is 14.6.